The summed E-state index contributed by atoms with van der Waals surface area (Å²) in [6.45, 7) is 3.98. The van der Waals surface area contributed by atoms with E-state index in [1.165, 1.54) is 24.0 Å². The molecule has 39 heavy (non-hydrogen) atoms. The number of carboxylic acid groups (broad SMARTS) is 1. The number of aromatic nitrogens is 4. The molecule has 8 nitrogen and oxygen atoms in total. The minimum atomic E-state index is -4.77. The molecule has 1 aromatic carbocycles. The van der Waals surface area contributed by atoms with Crippen LogP contribution < -0.4 is 10.2 Å². The first-order valence-corrected chi connectivity index (χ1v) is 12.2. The monoisotopic (exact) mass is 568 g/mol. The number of aryl methyl sites for hydroxylation is 1. The molecule has 0 spiro atoms. The van der Waals surface area contributed by atoms with Gasteiger partial charge < -0.3 is 15.3 Å². The van der Waals surface area contributed by atoms with Crippen molar-refractivity contribution < 1.29 is 31.9 Å². The van der Waals surface area contributed by atoms with Crippen molar-refractivity contribution in [2.75, 3.05) is 23.3 Å². The minimum Gasteiger partial charge on any atom is -0.476 e. The van der Waals surface area contributed by atoms with Crippen LogP contribution in [-0.2, 0) is 6.18 Å². The largest absolute Gasteiger partial charge is 0.476 e. The van der Waals surface area contributed by atoms with Crippen LogP contribution in [0.25, 0.3) is 16.6 Å². The van der Waals surface area contributed by atoms with Gasteiger partial charge in [-0.1, -0.05) is 24.6 Å². The van der Waals surface area contributed by atoms with Gasteiger partial charge in [0.2, 0.25) is 5.95 Å². The number of nitrogens with one attached hydrogen (secondary N) is 1. The Morgan fingerprint density at radius 3 is 2.56 bits per heavy atom. The number of carboxylic acids is 1. The van der Waals surface area contributed by atoms with Crippen LogP contribution in [0.1, 0.15) is 47.2 Å². The fraction of sp³-hybridized carbons (Fsp3) is 0.360. The zero-order valence-electron chi connectivity index (χ0n) is 20.8. The summed E-state index contributed by atoms with van der Waals surface area (Å²) in [7, 11) is 0. The lowest BCUT2D eigenvalue weighted by atomic mass is 10.0. The number of aromatic carboxylic acids is 1. The molecule has 1 saturated heterocycles. The van der Waals surface area contributed by atoms with Gasteiger partial charge in [-0.3, -0.25) is 4.40 Å². The van der Waals surface area contributed by atoms with Gasteiger partial charge in [-0.05, 0) is 37.6 Å². The zero-order valence-corrected chi connectivity index (χ0v) is 21.6. The fourth-order valence-corrected chi connectivity index (χ4v) is 4.93. The second-order valence-electron chi connectivity index (χ2n) is 9.72. The average molecular weight is 569 g/mol. The normalized spacial score (nSPS) is 18.2. The van der Waals surface area contributed by atoms with Crippen LogP contribution in [0.5, 0.6) is 0 Å². The summed E-state index contributed by atoms with van der Waals surface area (Å²) < 4.78 is 71.1. The fourth-order valence-electron chi connectivity index (χ4n) is 4.79. The maximum absolute atomic E-state index is 14.5. The van der Waals surface area contributed by atoms with Crippen LogP contribution in [0.2, 0.25) is 5.15 Å². The third-order valence-corrected chi connectivity index (χ3v) is 6.96. The molecule has 4 heterocycles. The number of hydrogen-bond acceptors (Lipinski definition) is 6. The van der Waals surface area contributed by atoms with Crippen molar-refractivity contribution in [3.05, 3.63) is 58.1 Å². The predicted octanol–water partition coefficient (Wildman–Crippen LogP) is 6.22. The zero-order chi connectivity index (χ0) is 28.4. The van der Waals surface area contributed by atoms with Gasteiger partial charge in [-0.15, -0.1) is 0 Å². The predicted molar refractivity (Wildman–Crippen MR) is 135 cm³/mol. The molecular weight excluding hydrogens is 547 g/mol. The molecule has 4 aromatic rings. The Bertz CT molecular complexity index is 1620. The molecule has 0 saturated carbocycles. The second kappa shape index (κ2) is 9.18. The van der Waals surface area contributed by atoms with Crippen LogP contribution in [0.4, 0.5) is 33.6 Å². The summed E-state index contributed by atoms with van der Waals surface area (Å²) in [4.78, 5) is 25.3. The van der Waals surface area contributed by atoms with Gasteiger partial charge >= 0.3 is 12.1 Å². The Labute approximate surface area is 223 Å². The molecule has 3 aromatic heterocycles. The van der Waals surface area contributed by atoms with Crippen molar-refractivity contribution in [2.45, 2.75) is 38.9 Å². The number of alkyl halides is 5. The minimum absolute atomic E-state index is 0.0169. The van der Waals surface area contributed by atoms with Crippen molar-refractivity contribution in [2.24, 2.45) is 5.92 Å². The van der Waals surface area contributed by atoms with Gasteiger partial charge in [0.1, 0.15) is 10.8 Å². The number of imidazole rings is 1. The standard InChI is InChI=1S/C25H22ClF5N6O2/c1-11-6-14(13(3)32-16-4-5-18(26)34-20(16)22(38)39)19-15(7-11)21-33-17(25(29,30)31)9-37(21)23(35-19)36-8-12(2)24(27,28)10-36/h4-7,9,12-13,32H,8,10H2,1-3H3,(H,38,39)/t12?,13-/m1/s1. The molecule has 5 rings (SSSR count). The lowest BCUT2D eigenvalue weighted by Crippen LogP contribution is -2.28. The Kier molecular flexibility index (Phi) is 6.32. The third-order valence-electron chi connectivity index (χ3n) is 6.75. The SMILES string of the molecule is Cc1cc([C@@H](C)Nc2ccc(Cl)nc2C(=O)O)c2nc(N3CC(C)C(F)(F)C3)n3cc(C(F)(F)F)nc3c2c1. The number of nitrogens with zero attached hydrogens (tertiary/aromatic N) is 5. The van der Waals surface area contributed by atoms with Gasteiger partial charge in [0.15, 0.2) is 11.4 Å². The van der Waals surface area contributed by atoms with Gasteiger partial charge in [-0.2, -0.15) is 13.2 Å². The molecule has 14 heteroatoms. The molecule has 1 aliphatic heterocycles. The summed E-state index contributed by atoms with van der Waals surface area (Å²) in [5.41, 5.74) is -0.0125. The van der Waals surface area contributed by atoms with Crippen LogP contribution in [0.15, 0.2) is 30.5 Å². The molecule has 1 unspecified atom stereocenters. The Balaban J connectivity index is 1.72. The highest BCUT2D eigenvalue weighted by Gasteiger charge is 2.46. The number of carbonyl (C=O) groups is 1. The van der Waals surface area contributed by atoms with Crippen LogP contribution in [-0.4, -0.2) is 49.4 Å². The quantitative estimate of drug-likeness (QED) is 0.218. The molecule has 206 valence electrons. The first-order valence-electron chi connectivity index (χ1n) is 11.9. The molecule has 0 radical (unpaired) electrons. The van der Waals surface area contributed by atoms with Crippen LogP contribution in [0.3, 0.4) is 0 Å². The second-order valence-corrected chi connectivity index (χ2v) is 10.1. The van der Waals surface area contributed by atoms with E-state index in [2.05, 4.69) is 20.3 Å². The van der Waals surface area contributed by atoms with E-state index < -0.39 is 42.3 Å². The number of anilines is 2. The highest BCUT2D eigenvalue weighted by Crippen LogP contribution is 2.39. The maximum atomic E-state index is 14.5. The molecule has 0 amide bonds. The van der Waals surface area contributed by atoms with E-state index in [-0.39, 0.29) is 45.6 Å². The number of benzene rings is 1. The van der Waals surface area contributed by atoms with E-state index in [1.807, 2.05) is 0 Å². The number of fused-ring (bicyclic) bond motifs is 3. The Morgan fingerprint density at radius 2 is 1.95 bits per heavy atom. The van der Waals surface area contributed by atoms with Crippen LogP contribution >= 0.6 is 11.6 Å². The molecule has 2 N–H and O–H groups in total. The first kappa shape index (κ1) is 26.9. The van der Waals surface area contributed by atoms with Crippen molar-refractivity contribution in [1.29, 1.82) is 0 Å². The van der Waals surface area contributed by atoms with Gasteiger partial charge in [0, 0.05) is 29.6 Å². The summed E-state index contributed by atoms with van der Waals surface area (Å²) in [5, 5.41) is 12.9. The van der Waals surface area contributed by atoms with Crippen molar-refractivity contribution in [3.63, 3.8) is 0 Å². The van der Waals surface area contributed by atoms with E-state index in [1.54, 1.807) is 26.0 Å². The Morgan fingerprint density at radius 1 is 1.23 bits per heavy atom. The number of rotatable bonds is 5. The molecule has 2 atom stereocenters. The van der Waals surface area contributed by atoms with Crippen molar-refractivity contribution in [3.8, 4) is 0 Å². The molecule has 1 aliphatic rings. The number of halogens is 6. The van der Waals surface area contributed by atoms with E-state index in [0.717, 1.165) is 10.6 Å². The smallest absolute Gasteiger partial charge is 0.434 e. The lowest BCUT2D eigenvalue weighted by Gasteiger charge is -2.22. The van der Waals surface area contributed by atoms with E-state index in [9.17, 15) is 31.9 Å². The highest BCUT2D eigenvalue weighted by molar-refractivity contribution is 6.29. The summed E-state index contributed by atoms with van der Waals surface area (Å²) in [5.74, 6) is -5.51. The van der Waals surface area contributed by atoms with E-state index >= 15 is 0 Å². The highest BCUT2D eigenvalue weighted by atomic mass is 35.5. The number of hydrogen-bond donors (Lipinski definition) is 2. The van der Waals surface area contributed by atoms with E-state index in [4.69, 9.17) is 11.6 Å². The van der Waals surface area contributed by atoms with Crippen molar-refractivity contribution in [1.82, 2.24) is 19.4 Å². The molecule has 0 bridgehead atoms. The number of pyridine rings is 1. The summed E-state index contributed by atoms with van der Waals surface area (Å²) in [6, 6.07) is 5.59. The lowest BCUT2D eigenvalue weighted by molar-refractivity contribution is -0.140. The summed E-state index contributed by atoms with van der Waals surface area (Å²) in [6.07, 6.45) is -4.01. The molecule has 1 fully saturated rings. The van der Waals surface area contributed by atoms with Crippen LogP contribution in [0, 0.1) is 12.8 Å². The summed E-state index contributed by atoms with van der Waals surface area (Å²) >= 11 is 5.85. The third kappa shape index (κ3) is 4.79. The van der Waals surface area contributed by atoms with Crippen molar-refractivity contribution >= 4 is 45.8 Å². The molecular formula is C25H22ClF5N6O2. The maximum Gasteiger partial charge on any atom is 0.434 e. The molecule has 0 aliphatic carbocycles. The van der Waals surface area contributed by atoms with Gasteiger partial charge in [0.25, 0.3) is 5.92 Å². The Hall–Kier alpha value is -3.74. The van der Waals surface area contributed by atoms with Gasteiger partial charge in [0.05, 0.1) is 23.8 Å². The van der Waals surface area contributed by atoms with E-state index in [0.29, 0.717) is 11.1 Å². The first-order chi connectivity index (χ1) is 18.2. The average Bonchev–Trinajstić information content (AvgIpc) is 3.40. The van der Waals surface area contributed by atoms with Gasteiger partial charge in [-0.25, -0.2) is 28.5 Å². The topological polar surface area (TPSA) is 95.6 Å².